The zero-order valence-corrected chi connectivity index (χ0v) is 13.6. The van der Waals surface area contributed by atoms with Crippen LogP contribution in [0, 0.1) is 11.6 Å². The monoisotopic (exact) mass is 383 g/mol. The summed E-state index contributed by atoms with van der Waals surface area (Å²) >= 11 is 3.12. The van der Waals surface area contributed by atoms with Crippen molar-refractivity contribution in [3.63, 3.8) is 0 Å². The summed E-state index contributed by atoms with van der Waals surface area (Å²) in [7, 11) is 0. The van der Waals surface area contributed by atoms with Crippen LogP contribution in [0.25, 0.3) is 0 Å². The summed E-state index contributed by atoms with van der Waals surface area (Å²) in [6.07, 6.45) is -1.18. The number of anilines is 1. The van der Waals surface area contributed by atoms with Gasteiger partial charge in [-0.05, 0) is 43.3 Å². The topological polar surface area (TPSA) is 55.4 Å². The molecule has 0 radical (unpaired) electrons. The van der Waals surface area contributed by atoms with Gasteiger partial charge in [-0.3, -0.25) is 4.79 Å². The molecule has 4 nitrogen and oxygen atoms in total. The minimum atomic E-state index is -1.18. The molecule has 1 amide bonds. The Morgan fingerprint density at radius 1 is 1.17 bits per heavy atom. The number of amides is 1. The Labute approximate surface area is 139 Å². The van der Waals surface area contributed by atoms with Crippen molar-refractivity contribution in [3.05, 3.63) is 64.1 Å². The molecule has 0 aliphatic heterocycles. The lowest BCUT2D eigenvalue weighted by Crippen LogP contribution is -2.30. The van der Waals surface area contributed by atoms with E-state index in [0.717, 1.165) is 12.1 Å². The summed E-state index contributed by atoms with van der Waals surface area (Å²) in [5.41, 5.74) is -0.0590. The zero-order valence-electron chi connectivity index (χ0n) is 12.0. The molecule has 120 valence electrons. The molecule has 0 spiro atoms. The molecule has 2 aromatic carbocycles. The van der Waals surface area contributed by atoms with Crippen molar-refractivity contribution in [2.24, 2.45) is 0 Å². The van der Waals surface area contributed by atoms with E-state index in [4.69, 9.17) is 4.74 Å². The summed E-state index contributed by atoms with van der Waals surface area (Å²) in [5.74, 6) is -2.88. The summed E-state index contributed by atoms with van der Waals surface area (Å²) < 4.78 is 32.1. The molecule has 0 aromatic heterocycles. The first-order chi connectivity index (χ1) is 10.9. The van der Waals surface area contributed by atoms with Crippen molar-refractivity contribution in [3.8, 4) is 0 Å². The van der Waals surface area contributed by atoms with Gasteiger partial charge in [-0.2, -0.15) is 0 Å². The van der Waals surface area contributed by atoms with Gasteiger partial charge in [0.2, 0.25) is 0 Å². The highest BCUT2D eigenvalue weighted by Gasteiger charge is 2.21. The number of carbonyl (C=O) groups excluding carboxylic acids is 2. The minimum Gasteiger partial charge on any atom is -0.449 e. The van der Waals surface area contributed by atoms with Crippen LogP contribution in [0.4, 0.5) is 14.5 Å². The molecular formula is C16H12BrF2NO3. The molecule has 0 saturated carbocycles. The third-order valence-electron chi connectivity index (χ3n) is 2.89. The average molecular weight is 384 g/mol. The van der Waals surface area contributed by atoms with E-state index in [1.54, 1.807) is 0 Å². The van der Waals surface area contributed by atoms with E-state index in [1.807, 2.05) is 0 Å². The smallest absolute Gasteiger partial charge is 0.341 e. The number of hydrogen-bond donors (Lipinski definition) is 1. The van der Waals surface area contributed by atoms with Crippen molar-refractivity contribution in [1.82, 2.24) is 0 Å². The minimum absolute atomic E-state index is 0.228. The normalized spacial score (nSPS) is 11.7. The molecule has 0 aliphatic carbocycles. The molecule has 0 saturated heterocycles. The number of carbonyl (C=O) groups is 2. The first kappa shape index (κ1) is 17.1. The lowest BCUT2D eigenvalue weighted by atomic mass is 10.2. The van der Waals surface area contributed by atoms with Gasteiger partial charge in [-0.25, -0.2) is 13.6 Å². The van der Waals surface area contributed by atoms with Crippen molar-refractivity contribution in [1.29, 1.82) is 0 Å². The summed E-state index contributed by atoms with van der Waals surface area (Å²) in [5, 5.41) is 2.41. The Morgan fingerprint density at radius 3 is 2.61 bits per heavy atom. The zero-order chi connectivity index (χ0) is 17.0. The first-order valence-electron chi connectivity index (χ1n) is 6.59. The fourth-order valence-corrected chi connectivity index (χ4v) is 2.10. The van der Waals surface area contributed by atoms with Crippen LogP contribution in [-0.4, -0.2) is 18.0 Å². The van der Waals surface area contributed by atoms with E-state index in [0.29, 0.717) is 4.47 Å². The number of ether oxygens (including phenoxy) is 1. The molecule has 0 bridgehead atoms. The molecule has 1 atom stereocenters. The molecule has 23 heavy (non-hydrogen) atoms. The standard InChI is InChI=1S/C16H12BrF2NO3/c1-9(15(21)20-12-4-2-3-11(18)8-12)23-16(22)13-7-10(17)5-6-14(13)19/h2-9H,1H3,(H,20,21)/t9-/m1/s1. The molecule has 0 aliphatic rings. The Kier molecular flexibility index (Phi) is 5.44. The van der Waals surface area contributed by atoms with Crippen LogP contribution in [0.3, 0.4) is 0 Å². The predicted molar refractivity (Wildman–Crippen MR) is 84.0 cm³/mol. The van der Waals surface area contributed by atoms with E-state index in [2.05, 4.69) is 21.2 Å². The van der Waals surface area contributed by atoms with Crippen LogP contribution in [0.1, 0.15) is 17.3 Å². The van der Waals surface area contributed by atoms with Gasteiger partial charge in [-0.1, -0.05) is 22.0 Å². The van der Waals surface area contributed by atoms with Crippen LogP contribution < -0.4 is 5.32 Å². The van der Waals surface area contributed by atoms with Crippen molar-refractivity contribution in [2.75, 3.05) is 5.32 Å². The molecule has 2 rings (SSSR count). The highest BCUT2D eigenvalue weighted by molar-refractivity contribution is 9.10. The van der Waals surface area contributed by atoms with Gasteiger partial charge in [0, 0.05) is 10.2 Å². The van der Waals surface area contributed by atoms with Gasteiger partial charge >= 0.3 is 5.97 Å². The fourth-order valence-electron chi connectivity index (χ4n) is 1.74. The lowest BCUT2D eigenvalue weighted by molar-refractivity contribution is -0.123. The van der Waals surface area contributed by atoms with E-state index in [-0.39, 0.29) is 11.3 Å². The molecule has 0 fully saturated rings. The number of rotatable bonds is 4. The van der Waals surface area contributed by atoms with Crippen LogP contribution in [0.2, 0.25) is 0 Å². The fraction of sp³-hybridized carbons (Fsp3) is 0.125. The summed E-state index contributed by atoms with van der Waals surface area (Å²) in [4.78, 5) is 23.8. The Balaban J connectivity index is 2.03. The average Bonchev–Trinajstić information content (AvgIpc) is 2.49. The third-order valence-corrected chi connectivity index (χ3v) is 3.39. The van der Waals surface area contributed by atoms with Crippen molar-refractivity contribution >= 4 is 33.5 Å². The largest absolute Gasteiger partial charge is 0.449 e. The summed E-state index contributed by atoms with van der Waals surface area (Å²) in [6.45, 7) is 1.34. The molecule has 1 N–H and O–H groups in total. The SMILES string of the molecule is C[C@@H](OC(=O)c1cc(Br)ccc1F)C(=O)Nc1cccc(F)c1. The molecule has 2 aromatic rings. The van der Waals surface area contributed by atoms with E-state index >= 15 is 0 Å². The van der Waals surface area contributed by atoms with Gasteiger partial charge < -0.3 is 10.1 Å². The number of hydrogen-bond acceptors (Lipinski definition) is 3. The number of benzene rings is 2. The Hall–Kier alpha value is -2.28. The molecule has 0 unspecified atom stereocenters. The molecule has 0 heterocycles. The van der Waals surface area contributed by atoms with Crippen molar-refractivity contribution in [2.45, 2.75) is 13.0 Å². The van der Waals surface area contributed by atoms with Crippen LogP contribution in [0.15, 0.2) is 46.9 Å². The number of nitrogens with one attached hydrogen (secondary N) is 1. The van der Waals surface area contributed by atoms with E-state index < -0.39 is 29.6 Å². The maximum absolute atomic E-state index is 13.6. The quantitative estimate of drug-likeness (QED) is 0.814. The van der Waals surface area contributed by atoms with Gasteiger partial charge in [0.05, 0.1) is 5.56 Å². The second kappa shape index (κ2) is 7.32. The van der Waals surface area contributed by atoms with E-state index in [1.165, 1.54) is 37.3 Å². The number of esters is 1. The van der Waals surface area contributed by atoms with Gasteiger partial charge in [0.15, 0.2) is 6.10 Å². The van der Waals surface area contributed by atoms with E-state index in [9.17, 15) is 18.4 Å². The van der Waals surface area contributed by atoms with Gasteiger partial charge in [0.25, 0.3) is 5.91 Å². The molecular weight excluding hydrogens is 372 g/mol. The highest BCUT2D eigenvalue weighted by atomic mass is 79.9. The van der Waals surface area contributed by atoms with Crippen LogP contribution in [-0.2, 0) is 9.53 Å². The second-order valence-corrected chi connectivity index (χ2v) is 5.59. The van der Waals surface area contributed by atoms with Gasteiger partial charge in [0.1, 0.15) is 11.6 Å². The lowest BCUT2D eigenvalue weighted by Gasteiger charge is -2.14. The highest BCUT2D eigenvalue weighted by Crippen LogP contribution is 2.17. The Bertz CT molecular complexity index is 752. The predicted octanol–water partition coefficient (Wildman–Crippen LogP) is 3.91. The van der Waals surface area contributed by atoms with Gasteiger partial charge in [-0.15, -0.1) is 0 Å². The third kappa shape index (κ3) is 4.59. The maximum atomic E-state index is 13.6. The maximum Gasteiger partial charge on any atom is 0.341 e. The summed E-state index contributed by atoms with van der Waals surface area (Å²) in [6, 6.07) is 9.08. The van der Waals surface area contributed by atoms with Crippen LogP contribution >= 0.6 is 15.9 Å². The Morgan fingerprint density at radius 2 is 1.91 bits per heavy atom. The molecule has 7 heteroatoms. The second-order valence-electron chi connectivity index (χ2n) is 4.67. The first-order valence-corrected chi connectivity index (χ1v) is 7.38. The van der Waals surface area contributed by atoms with Crippen molar-refractivity contribution < 1.29 is 23.1 Å². The number of halogens is 3. The van der Waals surface area contributed by atoms with Crippen LogP contribution in [0.5, 0.6) is 0 Å².